The Morgan fingerprint density at radius 2 is 1.30 bits per heavy atom. The normalized spacial score (nSPS) is 25.7. The molecule has 0 spiro atoms. The number of benzene rings is 3. The smallest absolute Gasteiger partial charge is 0.343 e. The zero-order valence-electron chi connectivity index (χ0n) is 23.2. The summed E-state index contributed by atoms with van der Waals surface area (Å²) < 4.78 is 3.15. The maximum atomic E-state index is 14.1. The van der Waals surface area contributed by atoms with Crippen LogP contribution in [0.15, 0.2) is 82.9 Å². The molecule has 3 aliphatic rings. The van der Waals surface area contributed by atoms with E-state index in [-0.39, 0.29) is 37.0 Å². The first-order chi connectivity index (χ1) is 22.1. The summed E-state index contributed by atoms with van der Waals surface area (Å²) in [5.74, 6) is -7.45. The molecule has 2 fully saturated rings. The van der Waals surface area contributed by atoms with Crippen LogP contribution in [0.2, 0.25) is 10.0 Å². The van der Waals surface area contributed by atoms with Gasteiger partial charge in [0.1, 0.15) is 22.0 Å². The Morgan fingerprint density at radius 3 is 1.83 bits per heavy atom. The van der Waals surface area contributed by atoms with Crippen LogP contribution >= 0.6 is 92.8 Å². The van der Waals surface area contributed by atoms with Gasteiger partial charge >= 0.3 is 5.97 Å². The average Bonchev–Trinajstić information content (AvgIpc) is 3.42. The molecule has 16 heteroatoms. The molecule has 3 amide bonds. The largest absolute Gasteiger partial charge is 0.423 e. The number of carbonyl (C=O) groups excluding carboxylic acids is 5. The molecule has 0 N–H and O–H groups in total. The monoisotopic (exact) mass is 792 g/mol. The van der Waals surface area contributed by atoms with Crippen LogP contribution in [0, 0.1) is 11.8 Å². The van der Waals surface area contributed by atoms with Crippen LogP contribution < -0.4 is 4.74 Å². The van der Waals surface area contributed by atoms with Gasteiger partial charge in [-0.1, -0.05) is 87.8 Å². The first-order valence-electron chi connectivity index (χ1n) is 13.4. The number of Topliss-reactive ketones (excluding diaryl/α,β-unsaturated/α-hetero) is 1. The van der Waals surface area contributed by atoms with Gasteiger partial charge < -0.3 is 4.74 Å². The maximum Gasteiger partial charge on any atom is 0.343 e. The Balaban J connectivity index is 1.34. The Bertz CT molecular complexity index is 1870. The van der Waals surface area contributed by atoms with E-state index in [0.29, 0.717) is 15.6 Å². The van der Waals surface area contributed by atoms with E-state index in [2.05, 4.69) is 0 Å². The summed E-state index contributed by atoms with van der Waals surface area (Å²) in [4.78, 5) is 63.9. The molecule has 3 aromatic rings. The molecular weight excluding hydrogens is 780 g/mol. The number of ether oxygens (including phenoxy) is 1. The van der Waals surface area contributed by atoms with E-state index < -0.39 is 61.9 Å². The van der Waals surface area contributed by atoms with Crippen molar-refractivity contribution in [3.8, 4) is 5.75 Å². The van der Waals surface area contributed by atoms with Crippen molar-refractivity contribution < 1.29 is 28.7 Å². The molecule has 0 radical (unpaired) electrons. The van der Waals surface area contributed by atoms with Gasteiger partial charge in [-0.25, -0.2) is 9.80 Å². The fourth-order valence-corrected chi connectivity index (χ4v) is 9.35. The number of hydrazine groups is 1. The first kappa shape index (κ1) is 34.3. The highest BCUT2D eigenvalue weighted by atomic mass is 35.5. The predicted molar refractivity (Wildman–Crippen MR) is 179 cm³/mol. The molecule has 8 nitrogen and oxygen atoms in total. The molecule has 2 bridgehead atoms. The third-order valence-corrected chi connectivity index (χ3v) is 13.0. The van der Waals surface area contributed by atoms with Crippen LogP contribution in [0.3, 0.4) is 0 Å². The molecule has 2 aliphatic carbocycles. The lowest BCUT2D eigenvalue weighted by atomic mass is 9.84. The van der Waals surface area contributed by atoms with Gasteiger partial charge in [-0.05, 0) is 54.6 Å². The average molecular weight is 796 g/mol. The van der Waals surface area contributed by atoms with Crippen LogP contribution in [0.1, 0.15) is 31.1 Å². The van der Waals surface area contributed by atoms with Gasteiger partial charge in [0, 0.05) is 10.6 Å². The zero-order chi connectivity index (χ0) is 34.2. The van der Waals surface area contributed by atoms with Gasteiger partial charge in [0.25, 0.3) is 17.7 Å². The van der Waals surface area contributed by atoms with Crippen molar-refractivity contribution in [1.29, 1.82) is 0 Å². The van der Waals surface area contributed by atoms with E-state index in [1.807, 2.05) is 0 Å². The Labute approximate surface area is 306 Å². The number of halogens is 8. The van der Waals surface area contributed by atoms with Crippen molar-refractivity contribution >= 4 is 122 Å². The lowest BCUT2D eigenvalue weighted by Gasteiger charge is -2.36. The number of allylic oxidation sites excluding steroid dienone is 2. The van der Waals surface area contributed by atoms with Gasteiger partial charge in [-0.15, -0.1) is 23.2 Å². The fraction of sp³-hybridized carbons (Fsp3) is 0.194. The molecule has 3 aromatic carbocycles. The number of ketones is 1. The van der Waals surface area contributed by atoms with Crippen molar-refractivity contribution in [3.05, 3.63) is 110 Å². The number of hydrogen-bond donors (Lipinski definition) is 0. The lowest BCUT2D eigenvalue weighted by Crippen LogP contribution is -2.56. The van der Waals surface area contributed by atoms with E-state index in [9.17, 15) is 24.0 Å². The third-order valence-electron chi connectivity index (χ3n) is 8.21. The van der Waals surface area contributed by atoms with Crippen LogP contribution in [0.5, 0.6) is 5.75 Å². The summed E-state index contributed by atoms with van der Waals surface area (Å²) in [6.07, 6.45) is 0. The first-order valence-corrected chi connectivity index (χ1v) is 16.5. The predicted octanol–water partition coefficient (Wildman–Crippen LogP) is 7.90. The van der Waals surface area contributed by atoms with Gasteiger partial charge in [-0.2, -0.15) is 5.01 Å². The van der Waals surface area contributed by atoms with E-state index in [1.165, 1.54) is 42.5 Å². The molecule has 1 saturated heterocycles. The lowest BCUT2D eigenvalue weighted by molar-refractivity contribution is -0.154. The molecule has 4 atom stereocenters. The summed E-state index contributed by atoms with van der Waals surface area (Å²) in [6.45, 7) is -0.843. The summed E-state index contributed by atoms with van der Waals surface area (Å²) in [5.41, 5.74) is 0.170. The summed E-state index contributed by atoms with van der Waals surface area (Å²) in [6, 6.07) is 17.6. The second-order valence-electron chi connectivity index (χ2n) is 10.8. The molecule has 242 valence electrons. The number of imide groups is 1. The minimum Gasteiger partial charge on any atom is -0.423 e. The molecule has 0 unspecified atom stereocenters. The number of nitrogens with zero attached hydrogens (tertiary/aromatic N) is 2. The van der Waals surface area contributed by atoms with E-state index in [0.717, 1.165) is 0 Å². The van der Waals surface area contributed by atoms with Crippen molar-refractivity contribution in [2.75, 3.05) is 6.54 Å². The number of esters is 1. The van der Waals surface area contributed by atoms with E-state index >= 15 is 0 Å². The van der Waals surface area contributed by atoms with Crippen molar-refractivity contribution in [1.82, 2.24) is 10.0 Å². The highest BCUT2D eigenvalue weighted by Crippen LogP contribution is 2.77. The van der Waals surface area contributed by atoms with Crippen LogP contribution in [-0.4, -0.2) is 60.1 Å². The second kappa shape index (κ2) is 12.1. The number of carbonyl (C=O) groups is 5. The van der Waals surface area contributed by atoms with E-state index in [4.69, 9.17) is 97.5 Å². The Hall–Kier alpha value is -2.53. The third kappa shape index (κ3) is 4.98. The van der Waals surface area contributed by atoms with Crippen molar-refractivity contribution in [2.45, 2.75) is 14.1 Å². The highest BCUT2D eigenvalue weighted by molar-refractivity contribution is 6.66. The van der Waals surface area contributed by atoms with Gasteiger partial charge in [0.2, 0.25) is 0 Å². The fourth-order valence-electron chi connectivity index (χ4n) is 5.93. The quantitative estimate of drug-likeness (QED) is 0.0793. The molecule has 6 rings (SSSR count). The number of alkyl halides is 4. The SMILES string of the molecule is O=C(CN(C(=O)c1ccc(Cl)cc1Cl)N1C(=O)[C@H]2[C@H](C1=O)[C@@]1(Cl)C(Cl)=C(Cl)[C@@]2(Cl)C1(Cl)Cl)c1ccc(OC(=O)c2ccccc2)cc1. The number of rotatable bonds is 7. The topological polar surface area (TPSA) is 101 Å². The minimum absolute atomic E-state index is 0.0415. The molecule has 0 aromatic heterocycles. The Kier molecular flexibility index (Phi) is 8.85. The van der Waals surface area contributed by atoms with Crippen LogP contribution in [0.4, 0.5) is 0 Å². The highest BCUT2D eigenvalue weighted by Gasteiger charge is 2.88. The van der Waals surface area contributed by atoms with Gasteiger partial charge in [-0.3, -0.25) is 19.2 Å². The molecule has 1 saturated carbocycles. The van der Waals surface area contributed by atoms with Crippen LogP contribution in [-0.2, 0) is 9.59 Å². The van der Waals surface area contributed by atoms with E-state index in [1.54, 1.807) is 30.3 Å². The van der Waals surface area contributed by atoms with Crippen molar-refractivity contribution in [2.24, 2.45) is 11.8 Å². The summed E-state index contributed by atoms with van der Waals surface area (Å²) in [7, 11) is 0. The standard InChI is InChI=1S/C31H16Cl8N2O6/c32-16-8-11-18(19(33)12-16)25(43)40(13-20(42)14-6-9-17(10-7-14)47-28(46)15-4-2-1-3-5-15)41-26(44)21-22(27(41)45)30(37)24(35)23(34)29(21,36)31(30,38)39/h1-12,21-22H,13H2/t21-,22-,29-,30-/m1/s1. The summed E-state index contributed by atoms with van der Waals surface area (Å²) >= 11 is 51.9. The minimum atomic E-state index is -2.21. The molecular formula is C31H16Cl8N2O6. The molecule has 1 aliphatic heterocycles. The number of amides is 3. The summed E-state index contributed by atoms with van der Waals surface area (Å²) in [5, 5.41) is 0.509. The molecule has 47 heavy (non-hydrogen) atoms. The second-order valence-corrected chi connectivity index (χ2v) is 14.9. The zero-order valence-corrected chi connectivity index (χ0v) is 29.2. The number of fused-ring (bicyclic) bond motifs is 5. The van der Waals surface area contributed by atoms with Gasteiger partial charge in [0.05, 0.1) is 38.0 Å². The number of hydrogen-bond acceptors (Lipinski definition) is 6. The Morgan fingerprint density at radius 1 is 0.745 bits per heavy atom. The van der Waals surface area contributed by atoms with Gasteiger partial charge in [0.15, 0.2) is 10.1 Å². The van der Waals surface area contributed by atoms with Crippen molar-refractivity contribution in [3.63, 3.8) is 0 Å². The maximum absolute atomic E-state index is 14.1. The van der Waals surface area contributed by atoms with Crippen LogP contribution in [0.25, 0.3) is 0 Å². The molecule has 1 heterocycles.